The lowest BCUT2D eigenvalue weighted by molar-refractivity contribution is 0.133. The monoisotopic (exact) mass is 239 g/mol. The minimum atomic E-state index is -0.276. The van der Waals surface area contributed by atoms with Gasteiger partial charge in [-0.1, -0.05) is 40.9 Å². The Morgan fingerprint density at radius 1 is 1.23 bits per heavy atom. The third-order valence-electron chi connectivity index (χ3n) is 1.73. The van der Waals surface area contributed by atoms with Gasteiger partial charge >= 0.3 is 0 Å². The summed E-state index contributed by atoms with van der Waals surface area (Å²) in [6, 6.07) is 3.07. The lowest BCUT2D eigenvalue weighted by atomic mass is 10.1. The number of benzene rings is 1. The normalized spacial score (nSPS) is 13.0. The van der Waals surface area contributed by atoms with Gasteiger partial charge in [0.2, 0.25) is 0 Å². The van der Waals surface area contributed by atoms with Crippen molar-refractivity contribution in [1.82, 2.24) is 5.48 Å². The maximum Gasteiger partial charge on any atom is 0.0781 e. The average Bonchev–Trinajstić information content (AvgIpc) is 2.13. The van der Waals surface area contributed by atoms with Gasteiger partial charge in [0.15, 0.2) is 0 Å². The molecule has 1 rings (SSSR count). The number of hydroxylamine groups is 1. The molecule has 0 aliphatic heterocycles. The van der Waals surface area contributed by atoms with Crippen molar-refractivity contribution in [3.8, 4) is 0 Å². The van der Waals surface area contributed by atoms with Crippen LogP contribution in [0.25, 0.3) is 0 Å². The van der Waals surface area contributed by atoms with Crippen LogP contribution in [-0.2, 0) is 0 Å². The van der Waals surface area contributed by atoms with E-state index in [1.165, 1.54) is 0 Å². The summed E-state index contributed by atoms with van der Waals surface area (Å²) in [6.45, 7) is 1.76. The highest BCUT2D eigenvalue weighted by Gasteiger charge is 2.13. The number of rotatable bonds is 2. The third-order valence-corrected chi connectivity index (χ3v) is 3.03. The van der Waals surface area contributed by atoms with Crippen LogP contribution in [0.5, 0.6) is 0 Å². The van der Waals surface area contributed by atoms with E-state index in [1.54, 1.807) is 19.1 Å². The summed E-state index contributed by atoms with van der Waals surface area (Å²) in [5.41, 5.74) is 2.79. The summed E-state index contributed by atoms with van der Waals surface area (Å²) in [7, 11) is 0. The minimum absolute atomic E-state index is 0.276. The van der Waals surface area contributed by atoms with Crippen LogP contribution in [0.1, 0.15) is 18.5 Å². The second kappa shape index (κ2) is 4.49. The van der Waals surface area contributed by atoms with E-state index in [0.29, 0.717) is 20.6 Å². The smallest absolute Gasteiger partial charge is 0.0781 e. The van der Waals surface area contributed by atoms with Crippen LogP contribution in [0.4, 0.5) is 0 Å². The van der Waals surface area contributed by atoms with Gasteiger partial charge in [0.05, 0.1) is 21.1 Å². The molecule has 0 bridgehead atoms. The highest BCUT2D eigenvalue weighted by atomic mass is 35.5. The molecule has 0 aliphatic carbocycles. The number of hydrogen-bond donors (Lipinski definition) is 2. The van der Waals surface area contributed by atoms with Crippen molar-refractivity contribution < 1.29 is 5.21 Å². The molecule has 1 atom stereocenters. The summed E-state index contributed by atoms with van der Waals surface area (Å²) in [5, 5.41) is 9.76. The molecule has 0 saturated carbocycles. The number of hydrogen-bond acceptors (Lipinski definition) is 2. The highest BCUT2D eigenvalue weighted by Crippen LogP contribution is 2.35. The van der Waals surface area contributed by atoms with Crippen molar-refractivity contribution in [2.24, 2.45) is 0 Å². The SMILES string of the molecule is CC(NO)c1ccc(Cl)c(Cl)c1Cl. The molecule has 1 aromatic rings. The predicted octanol–water partition coefficient (Wildman–Crippen LogP) is 3.69. The molecule has 0 heterocycles. The zero-order valence-electron chi connectivity index (χ0n) is 6.81. The van der Waals surface area contributed by atoms with Crippen LogP contribution in [0.15, 0.2) is 12.1 Å². The lowest BCUT2D eigenvalue weighted by Gasteiger charge is -2.12. The van der Waals surface area contributed by atoms with Crippen LogP contribution in [0.2, 0.25) is 15.1 Å². The Bertz CT molecular complexity index is 317. The van der Waals surface area contributed by atoms with E-state index in [2.05, 4.69) is 5.48 Å². The zero-order chi connectivity index (χ0) is 10.0. The molecule has 0 aliphatic rings. The van der Waals surface area contributed by atoms with E-state index in [1.807, 2.05) is 0 Å². The molecule has 2 nitrogen and oxygen atoms in total. The summed E-state index contributed by atoms with van der Waals surface area (Å²) >= 11 is 17.4. The molecular weight excluding hydrogens is 232 g/mol. The minimum Gasteiger partial charge on any atom is -0.316 e. The Morgan fingerprint density at radius 2 is 1.85 bits per heavy atom. The fourth-order valence-electron chi connectivity index (χ4n) is 0.945. The molecule has 0 radical (unpaired) electrons. The fourth-order valence-corrected chi connectivity index (χ4v) is 1.65. The first-order chi connectivity index (χ1) is 6.07. The summed E-state index contributed by atoms with van der Waals surface area (Å²) in [6.07, 6.45) is 0. The van der Waals surface area contributed by atoms with E-state index in [0.717, 1.165) is 0 Å². The summed E-state index contributed by atoms with van der Waals surface area (Å²) in [5.74, 6) is 0. The lowest BCUT2D eigenvalue weighted by Crippen LogP contribution is -2.13. The number of halogens is 3. The standard InChI is InChI=1S/C8H8Cl3NO/c1-4(12-13)5-2-3-6(9)8(11)7(5)10/h2-4,12-13H,1H3. The van der Waals surface area contributed by atoms with E-state index < -0.39 is 0 Å². The molecule has 5 heteroatoms. The van der Waals surface area contributed by atoms with Crippen molar-refractivity contribution in [2.45, 2.75) is 13.0 Å². The van der Waals surface area contributed by atoms with E-state index in [9.17, 15) is 0 Å². The first-order valence-electron chi connectivity index (χ1n) is 3.61. The van der Waals surface area contributed by atoms with Crippen molar-refractivity contribution in [3.63, 3.8) is 0 Å². The Labute approximate surface area is 91.4 Å². The van der Waals surface area contributed by atoms with E-state index in [-0.39, 0.29) is 6.04 Å². The topological polar surface area (TPSA) is 32.3 Å². The Kier molecular flexibility index (Phi) is 3.83. The first-order valence-corrected chi connectivity index (χ1v) is 4.74. The fraction of sp³-hybridized carbons (Fsp3) is 0.250. The molecular formula is C8H8Cl3NO. The van der Waals surface area contributed by atoms with Crippen molar-refractivity contribution in [1.29, 1.82) is 0 Å². The molecule has 72 valence electrons. The zero-order valence-corrected chi connectivity index (χ0v) is 9.08. The van der Waals surface area contributed by atoms with Gasteiger partial charge in [0.25, 0.3) is 0 Å². The van der Waals surface area contributed by atoms with Crippen molar-refractivity contribution >= 4 is 34.8 Å². The molecule has 2 N–H and O–H groups in total. The van der Waals surface area contributed by atoms with Crippen LogP contribution >= 0.6 is 34.8 Å². The molecule has 1 aromatic carbocycles. The Balaban J connectivity index is 3.18. The van der Waals surface area contributed by atoms with Gasteiger partial charge in [-0.15, -0.1) is 0 Å². The molecule has 13 heavy (non-hydrogen) atoms. The van der Waals surface area contributed by atoms with Gasteiger partial charge < -0.3 is 5.21 Å². The quantitative estimate of drug-likeness (QED) is 0.610. The predicted molar refractivity (Wildman–Crippen MR) is 54.8 cm³/mol. The number of nitrogens with one attached hydrogen (secondary N) is 1. The second-order valence-corrected chi connectivity index (χ2v) is 3.78. The van der Waals surface area contributed by atoms with Crippen molar-refractivity contribution in [2.75, 3.05) is 0 Å². The third kappa shape index (κ3) is 2.27. The summed E-state index contributed by atoms with van der Waals surface area (Å²) < 4.78 is 0. The Morgan fingerprint density at radius 3 is 2.38 bits per heavy atom. The Hall–Kier alpha value is 0.01000. The van der Waals surface area contributed by atoms with E-state index >= 15 is 0 Å². The molecule has 0 spiro atoms. The van der Waals surface area contributed by atoms with Gasteiger partial charge in [-0.3, -0.25) is 0 Å². The van der Waals surface area contributed by atoms with Crippen molar-refractivity contribution in [3.05, 3.63) is 32.8 Å². The average molecular weight is 241 g/mol. The van der Waals surface area contributed by atoms with Crippen LogP contribution < -0.4 is 5.48 Å². The van der Waals surface area contributed by atoms with Gasteiger partial charge in [-0.2, -0.15) is 5.48 Å². The summed E-state index contributed by atoms with van der Waals surface area (Å²) in [4.78, 5) is 0. The van der Waals surface area contributed by atoms with Crippen LogP contribution in [-0.4, -0.2) is 5.21 Å². The van der Waals surface area contributed by atoms with Crippen LogP contribution in [0.3, 0.4) is 0 Å². The molecule has 0 fully saturated rings. The first kappa shape index (κ1) is 11.1. The second-order valence-electron chi connectivity index (χ2n) is 2.62. The van der Waals surface area contributed by atoms with Gasteiger partial charge in [0.1, 0.15) is 0 Å². The maximum absolute atomic E-state index is 8.69. The highest BCUT2D eigenvalue weighted by molar-refractivity contribution is 6.48. The van der Waals surface area contributed by atoms with Gasteiger partial charge in [0, 0.05) is 0 Å². The molecule has 0 aromatic heterocycles. The van der Waals surface area contributed by atoms with Gasteiger partial charge in [-0.05, 0) is 18.6 Å². The molecule has 0 saturated heterocycles. The largest absolute Gasteiger partial charge is 0.316 e. The van der Waals surface area contributed by atoms with Gasteiger partial charge in [-0.25, -0.2) is 0 Å². The molecule has 1 unspecified atom stereocenters. The maximum atomic E-state index is 8.69. The van der Waals surface area contributed by atoms with E-state index in [4.69, 9.17) is 40.0 Å². The van der Waals surface area contributed by atoms with Crippen LogP contribution in [0, 0.1) is 0 Å². The molecule has 0 amide bonds.